The van der Waals surface area contributed by atoms with E-state index in [-0.39, 0.29) is 18.8 Å². The fraction of sp³-hybridized carbons (Fsp3) is 0.750. The summed E-state index contributed by atoms with van der Waals surface area (Å²) >= 11 is 0. The summed E-state index contributed by atoms with van der Waals surface area (Å²) < 4.78 is 19.0. The summed E-state index contributed by atoms with van der Waals surface area (Å²) in [6.45, 7) is 6.03. The second kappa shape index (κ2) is 11.8. The molecule has 0 saturated carbocycles. The lowest BCUT2D eigenvalue weighted by atomic mass is 9.91. The van der Waals surface area contributed by atoms with Gasteiger partial charge in [-0.15, -0.1) is 0 Å². The Balaban J connectivity index is 2.56. The van der Waals surface area contributed by atoms with Gasteiger partial charge in [-0.05, 0) is 25.3 Å². The number of ether oxygens (including phenoxy) is 3. The third-order valence-electron chi connectivity index (χ3n) is 5.32. The van der Waals surface area contributed by atoms with E-state index in [9.17, 15) is 25.0 Å². The highest BCUT2D eigenvalue weighted by Crippen LogP contribution is 2.43. The average molecular weight is 453 g/mol. The highest BCUT2D eigenvalue weighted by molar-refractivity contribution is 5.68. The van der Waals surface area contributed by atoms with Gasteiger partial charge in [0.1, 0.15) is 24.0 Å². The number of aliphatic carboxylic acids is 1. The van der Waals surface area contributed by atoms with Gasteiger partial charge in [0, 0.05) is 29.9 Å². The third kappa shape index (κ3) is 5.98. The number of nitrogens with zero attached hydrogens (tertiary/aromatic N) is 4. The van der Waals surface area contributed by atoms with Crippen molar-refractivity contribution >= 4 is 5.97 Å². The Morgan fingerprint density at radius 3 is 2.66 bits per heavy atom. The van der Waals surface area contributed by atoms with E-state index in [2.05, 4.69) is 15.0 Å². The lowest BCUT2D eigenvalue weighted by molar-refractivity contribution is -0.172. The first-order chi connectivity index (χ1) is 15.3. The van der Waals surface area contributed by atoms with Crippen molar-refractivity contribution in [3.8, 4) is 0 Å². The predicted molar refractivity (Wildman–Crippen MR) is 114 cm³/mol. The van der Waals surface area contributed by atoms with Crippen LogP contribution in [-0.4, -0.2) is 58.2 Å². The number of carbonyl (C=O) groups is 1. The number of rotatable bonds is 13. The number of aromatic nitrogens is 2. The van der Waals surface area contributed by atoms with E-state index in [1.54, 1.807) is 0 Å². The second-order valence-corrected chi connectivity index (χ2v) is 7.87. The smallest absolute Gasteiger partial charge is 0.330 e. The van der Waals surface area contributed by atoms with Gasteiger partial charge in [0.05, 0.1) is 13.0 Å². The molecule has 0 amide bonds. The van der Waals surface area contributed by atoms with Gasteiger partial charge in [-0.3, -0.25) is 19.1 Å². The zero-order valence-electron chi connectivity index (χ0n) is 18.7. The molecule has 0 bridgehead atoms. The van der Waals surface area contributed by atoms with Gasteiger partial charge in [0.25, 0.3) is 5.56 Å². The van der Waals surface area contributed by atoms with E-state index in [1.165, 1.54) is 13.1 Å². The van der Waals surface area contributed by atoms with Crippen LogP contribution >= 0.6 is 0 Å². The van der Waals surface area contributed by atoms with Crippen molar-refractivity contribution < 1.29 is 24.1 Å². The fourth-order valence-electron chi connectivity index (χ4n) is 3.67. The topological polar surface area (TPSA) is 169 Å². The maximum atomic E-state index is 12.5. The number of H-pyrrole nitrogens is 1. The molecule has 1 unspecified atom stereocenters. The van der Waals surface area contributed by atoms with E-state index in [1.807, 2.05) is 13.8 Å². The maximum absolute atomic E-state index is 12.5. The van der Waals surface area contributed by atoms with Crippen LogP contribution in [0.15, 0.2) is 20.9 Å². The molecule has 12 heteroatoms. The normalized spacial score (nSPS) is 24.9. The van der Waals surface area contributed by atoms with Crippen LogP contribution in [0.2, 0.25) is 0 Å². The van der Waals surface area contributed by atoms with Gasteiger partial charge in [-0.1, -0.05) is 31.8 Å². The highest BCUT2D eigenvalue weighted by atomic mass is 16.6. The van der Waals surface area contributed by atoms with Crippen LogP contribution in [0.5, 0.6) is 0 Å². The molecule has 0 aliphatic carbocycles. The Hall–Kier alpha value is -2.66. The first-order valence-corrected chi connectivity index (χ1v) is 10.7. The quantitative estimate of drug-likeness (QED) is 0.200. The number of nitrogens with one attached hydrogen (secondary N) is 1. The summed E-state index contributed by atoms with van der Waals surface area (Å²) in [6.07, 6.45) is 1.83. The number of unbranched alkanes of at least 4 members (excludes halogenated alkanes) is 2. The van der Waals surface area contributed by atoms with Gasteiger partial charge < -0.3 is 19.3 Å². The van der Waals surface area contributed by atoms with Crippen molar-refractivity contribution in [1.29, 1.82) is 0 Å². The second-order valence-electron chi connectivity index (χ2n) is 7.87. The van der Waals surface area contributed by atoms with Crippen molar-refractivity contribution in [2.75, 3.05) is 19.8 Å². The summed E-state index contributed by atoms with van der Waals surface area (Å²) in [5, 5.41) is 13.4. The molecule has 2 rings (SSSR count). The first kappa shape index (κ1) is 25.6. The van der Waals surface area contributed by atoms with Gasteiger partial charge >= 0.3 is 11.7 Å². The van der Waals surface area contributed by atoms with Gasteiger partial charge in [0.15, 0.2) is 0 Å². The molecule has 2 N–H and O–H groups in total. The molecule has 1 aromatic rings. The molecule has 1 aromatic heterocycles. The summed E-state index contributed by atoms with van der Waals surface area (Å²) in [5.74, 6) is -1.15. The van der Waals surface area contributed by atoms with Crippen LogP contribution in [0.1, 0.15) is 57.7 Å². The molecule has 2 heterocycles. The van der Waals surface area contributed by atoms with E-state index in [0.29, 0.717) is 13.0 Å². The molecule has 1 saturated heterocycles. The molecule has 0 spiro atoms. The summed E-state index contributed by atoms with van der Waals surface area (Å²) in [5.41, 5.74) is 6.62. The molecule has 1 aliphatic rings. The molecule has 32 heavy (non-hydrogen) atoms. The van der Waals surface area contributed by atoms with E-state index < -0.39 is 47.6 Å². The summed E-state index contributed by atoms with van der Waals surface area (Å²) in [4.78, 5) is 41.2. The largest absolute Gasteiger partial charge is 0.481 e. The lowest BCUT2D eigenvalue weighted by Crippen LogP contribution is -2.50. The predicted octanol–water partition coefficient (Wildman–Crippen LogP) is 2.27. The summed E-state index contributed by atoms with van der Waals surface area (Å²) in [7, 11) is 0. The number of azide groups is 1. The molecule has 0 radical (unpaired) electrons. The number of carboxylic acids is 1. The monoisotopic (exact) mass is 453 g/mol. The molecule has 12 nitrogen and oxygen atoms in total. The van der Waals surface area contributed by atoms with Crippen LogP contribution in [0.4, 0.5) is 0 Å². The van der Waals surface area contributed by atoms with Crippen molar-refractivity contribution in [1.82, 2.24) is 9.55 Å². The Bertz CT molecular complexity index is 939. The Kier molecular flexibility index (Phi) is 9.45. The van der Waals surface area contributed by atoms with Crippen molar-refractivity contribution in [3.05, 3.63) is 43.0 Å². The Morgan fingerprint density at radius 2 is 2.03 bits per heavy atom. The van der Waals surface area contributed by atoms with Crippen LogP contribution < -0.4 is 11.2 Å². The first-order valence-electron chi connectivity index (χ1n) is 10.7. The van der Waals surface area contributed by atoms with E-state index in [0.717, 1.165) is 23.8 Å². The standard InChI is InChI=1S/C20H31N5O7/c1-4-6-8-30-12-20(10-14(26)27)16(31-9-7-5-2)15(23-24-21)18(32-20)25-11-13(3)17(28)22-19(25)29/h11,15-16,18H,4-10,12H2,1-3H3,(H,26,27)(H,22,28,29)/t15-,16?,18+,20+/m0/s1. The maximum Gasteiger partial charge on any atom is 0.330 e. The van der Waals surface area contributed by atoms with Gasteiger partial charge in [0.2, 0.25) is 0 Å². The molecule has 1 fully saturated rings. The van der Waals surface area contributed by atoms with Crippen LogP contribution in [0.25, 0.3) is 10.4 Å². The Morgan fingerprint density at radius 1 is 1.34 bits per heavy atom. The average Bonchev–Trinajstić information content (AvgIpc) is 3.01. The van der Waals surface area contributed by atoms with Crippen LogP contribution in [0, 0.1) is 6.92 Å². The molecular formula is C20H31N5O7. The van der Waals surface area contributed by atoms with Crippen LogP contribution in [0.3, 0.4) is 0 Å². The number of hydrogen-bond donors (Lipinski definition) is 2. The zero-order chi connectivity index (χ0) is 23.7. The molecule has 178 valence electrons. The minimum atomic E-state index is -1.50. The van der Waals surface area contributed by atoms with Gasteiger partial charge in [-0.25, -0.2) is 4.79 Å². The summed E-state index contributed by atoms with van der Waals surface area (Å²) in [6, 6.07) is -1.06. The third-order valence-corrected chi connectivity index (χ3v) is 5.32. The Labute approximate surface area is 185 Å². The molecular weight excluding hydrogens is 422 g/mol. The molecule has 0 aromatic carbocycles. The molecule has 4 atom stereocenters. The zero-order valence-corrected chi connectivity index (χ0v) is 18.7. The lowest BCUT2D eigenvalue weighted by Gasteiger charge is -2.33. The fourth-order valence-corrected chi connectivity index (χ4v) is 3.67. The molecule has 1 aliphatic heterocycles. The van der Waals surface area contributed by atoms with E-state index in [4.69, 9.17) is 14.2 Å². The SMILES string of the molecule is CCCCOC[C@@]1(CC(=O)O)O[C@@H](n2cc(C)c(=O)[nH]c2=O)[C@@H](N=[N+]=[N-])C1OCCCC. The number of aryl methyl sites for hydroxylation is 1. The minimum Gasteiger partial charge on any atom is -0.481 e. The van der Waals surface area contributed by atoms with Crippen molar-refractivity contribution in [3.63, 3.8) is 0 Å². The van der Waals surface area contributed by atoms with Crippen LogP contribution in [-0.2, 0) is 19.0 Å². The van der Waals surface area contributed by atoms with Crippen molar-refractivity contribution in [2.45, 2.75) is 76.9 Å². The van der Waals surface area contributed by atoms with Crippen molar-refractivity contribution in [2.24, 2.45) is 5.11 Å². The number of aromatic amines is 1. The minimum absolute atomic E-state index is 0.124. The number of carboxylic acid groups (broad SMARTS) is 1. The number of hydrogen-bond acceptors (Lipinski definition) is 7. The van der Waals surface area contributed by atoms with Gasteiger partial charge in [-0.2, -0.15) is 0 Å². The highest BCUT2D eigenvalue weighted by Gasteiger charge is 2.58. The van der Waals surface area contributed by atoms with E-state index >= 15 is 0 Å².